The summed E-state index contributed by atoms with van der Waals surface area (Å²) in [6.07, 6.45) is 1.10. The lowest BCUT2D eigenvalue weighted by Gasteiger charge is -2.09. The van der Waals surface area contributed by atoms with Crippen LogP contribution < -0.4 is 9.47 Å². The second-order valence-electron chi connectivity index (χ2n) is 5.12. The van der Waals surface area contributed by atoms with Crippen LogP contribution in [0.25, 0.3) is 0 Å². The van der Waals surface area contributed by atoms with E-state index < -0.39 is 16.6 Å². The summed E-state index contributed by atoms with van der Waals surface area (Å²) >= 11 is 0. The van der Waals surface area contributed by atoms with Crippen LogP contribution in [0.4, 0.5) is 5.69 Å². The number of aromatic nitrogens is 2. The topological polar surface area (TPSA) is 114 Å². The number of carbonyl (C=O) groups is 1. The second-order valence-corrected chi connectivity index (χ2v) is 5.12. The average Bonchev–Trinajstić information content (AvgIpc) is 2.68. The average molecular weight is 367 g/mol. The Labute approximate surface area is 153 Å². The number of hydrogen-bond donors (Lipinski definition) is 0. The first-order valence-corrected chi connectivity index (χ1v) is 7.67. The molecule has 0 saturated carbocycles. The third-order valence-corrected chi connectivity index (χ3v) is 3.39. The van der Waals surface area contributed by atoms with Gasteiger partial charge < -0.3 is 14.2 Å². The van der Waals surface area contributed by atoms with Gasteiger partial charge in [0.1, 0.15) is 17.8 Å². The van der Waals surface area contributed by atoms with Gasteiger partial charge in [-0.25, -0.2) is 4.79 Å². The SMILES string of the molecule is COC(=O)c1ccc(Oc2ncnc(Oc3ccccc3)c2[N+](=O)[O-])cc1. The number of rotatable bonds is 6. The second kappa shape index (κ2) is 7.91. The Kier molecular flexibility index (Phi) is 5.22. The van der Waals surface area contributed by atoms with Crippen molar-refractivity contribution in [3.63, 3.8) is 0 Å². The van der Waals surface area contributed by atoms with Crippen LogP contribution in [0, 0.1) is 10.1 Å². The fraction of sp³-hybridized carbons (Fsp3) is 0.0556. The number of nitro groups is 1. The summed E-state index contributed by atoms with van der Waals surface area (Å²) in [5, 5.41) is 11.5. The molecule has 0 aliphatic rings. The standard InChI is InChI=1S/C18H13N3O6/c1-25-18(22)12-7-9-14(10-8-12)27-17-15(21(23)24)16(19-11-20-17)26-13-5-3-2-4-6-13/h2-11H,1H3. The summed E-state index contributed by atoms with van der Waals surface area (Å²) in [6, 6.07) is 14.4. The predicted molar refractivity (Wildman–Crippen MR) is 93.1 cm³/mol. The van der Waals surface area contributed by atoms with Gasteiger partial charge in [-0.2, -0.15) is 9.97 Å². The molecule has 3 aromatic rings. The van der Waals surface area contributed by atoms with Gasteiger partial charge >= 0.3 is 23.4 Å². The van der Waals surface area contributed by atoms with Crippen LogP contribution in [0.2, 0.25) is 0 Å². The molecule has 0 saturated heterocycles. The van der Waals surface area contributed by atoms with Gasteiger partial charge in [-0.05, 0) is 36.4 Å². The van der Waals surface area contributed by atoms with Crippen LogP contribution >= 0.6 is 0 Å². The third kappa shape index (κ3) is 4.15. The van der Waals surface area contributed by atoms with Gasteiger partial charge in [0.2, 0.25) is 0 Å². The minimum Gasteiger partial charge on any atom is -0.465 e. The Morgan fingerprint density at radius 2 is 1.48 bits per heavy atom. The lowest BCUT2D eigenvalue weighted by Crippen LogP contribution is -2.02. The summed E-state index contributed by atoms with van der Waals surface area (Å²) in [4.78, 5) is 29.9. The van der Waals surface area contributed by atoms with Crippen LogP contribution in [0.1, 0.15) is 10.4 Å². The number of esters is 1. The molecule has 2 aromatic carbocycles. The Balaban J connectivity index is 1.90. The zero-order valence-corrected chi connectivity index (χ0v) is 14.1. The van der Waals surface area contributed by atoms with Crippen LogP contribution in [-0.2, 0) is 4.74 Å². The minimum absolute atomic E-state index is 0.245. The van der Waals surface area contributed by atoms with E-state index in [0.29, 0.717) is 11.3 Å². The quantitative estimate of drug-likeness (QED) is 0.367. The molecule has 0 bridgehead atoms. The molecule has 0 aliphatic carbocycles. The first-order valence-electron chi connectivity index (χ1n) is 7.67. The highest BCUT2D eigenvalue weighted by molar-refractivity contribution is 5.89. The molecule has 0 radical (unpaired) electrons. The number of nitrogens with zero attached hydrogens (tertiary/aromatic N) is 3. The molecule has 9 heteroatoms. The zero-order chi connectivity index (χ0) is 19.2. The molecule has 3 rings (SSSR count). The number of methoxy groups -OCH3 is 1. The number of ether oxygens (including phenoxy) is 3. The van der Waals surface area contributed by atoms with E-state index in [-0.39, 0.29) is 17.5 Å². The van der Waals surface area contributed by atoms with E-state index in [1.807, 2.05) is 0 Å². The Hall–Kier alpha value is -4.01. The maximum Gasteiger partial charge on any atom is 0.393 e. The summed E-state index contributed by atoms with van der Waals surface area (Å²) in [5.74, 6) is -0.412. The molecule has 136 valence electrons. The van der Waals surface area contributed by atoms with Gasteiger partial charge in [0.15, 0.2) is 0 Å². The summed E-state index contributed by atoms with van der Waals surface area (Å²) < 4.78 is 15.6. The van der Waals surface area contributed by atoms with Gasteiger partial charge in [-0.1, -0.05) is 18.2 Å². The van der Waals surface area contributed by atoms with E-state index in [1.54, 1.807) is 30.3 Å². The first kappa shape index (κ1) is 17.8. The van der Waals surface area contributed by atoms with Crippen molar-refractivity contribution in [3.05, 3.63) is 76.6 Å². The highest BCUT2D eigenvalue weighted by atomic mass is 16.6. The number of hydrogen-bond acceptors (Lipinski definition) is 8. The molecule has 9 nitrogen and oxygen atoms in total. The summed E-state index contributed by atoms with van der Waals surface area (Å²) in [6.45, 7) is 0. The van der Waals surface area contributed by atoms with Crippen molar-refractivity contribution in [3.8, 4) is 23.3 Å². The van der Waals surface area contributed by atoms with E-state index in [4.69, 9.17) is 9.47 Å². The fourth-order valence-corrected chi connectivity index (χ4v) is 2.14. The van der Waals surface area contributed by atoms with Crippen molar-refractivity contribution in [1.29, 1.82) is 0 Å². The summed E-state index contributed by atoms with van der Waals surface area (Å²) in [5.41, 5.74) is -0.200. The number of para-hydroxylation sites is 1. The highest BCUT2D eigenvalue weighted by Gasteiger charge is 2.27. The van der Waals surface area contributed by atoms with Crippen molar-refractivity contribution >= 4 is 11.7 Å². The smallest absolute Gasteiger partial charge is 0.393 e. The van der Waals surface area contributed by atoms with E-state index in [0.717, 1.165) is 6.33 Å². The lowest BCUT2D eigenvalue weighted by molar-refractivity contribution is -0.387. The molecule has 1 aromatic heterocycles. The third-order valence-electron chi connectivity index (χ3n) is 3.39. The molecule has 0 amide bonds. The zero-order valence-electron chi connectivity index (χ0n) is 14.1. The van der Waals surface area contributed by atoms with Crippen molar-refractivity contribution in [2.75, 3.05) is 7.11 Å². The van der Waals surface area contributed by atoms with Gasteiger partial charge in [0.05, 0.1) is 17.6 Å². The molecule has 0 atom stereocenters. The normalized spacial score (nSPS) is 10.1. The van der Waals surface area contributed by atoms with Crippen LogP contribution in [0.5, 0.6) is 23.3 Å². The molecule has 1 heterocycles. The van der Waals surface area contributed by atoms with Crippen molar-refractivity contribution in [2.24, 2.45) is 0 Å². The van der Waals surface area contributed by atoms with Gasteiger partial charge in [-0.15, -0.1) is 0 Å². The molecule has 27 heavy (non-hydrogen) atoms. The Morgan fingerprint density at radius 1 is 0.926 bits per heavy atom. The maximum atomic E-state index is 11.5. The molecule has 0 spiro atoms. The van der Waals surface area contributed by atoms with Crippen LogP contribution in [-0.4, -0.2) is 28.0 Å². The number of carbonyl (C=O) groups excluding carboxylic acids is 1. The van der Waals surface area contributed by atoms with Gasteiger partial charge in [0.25, 0.3) is 0 Å². The van der Waals surface area contributed by atoms with Crippen molar-refractivity contribution in [1.82, 2.24) is 9.97 Å². The maximum absolute atomic E-state index is 11.5. The monoisotopic (exact) mass is 367 g/mol. The predicted octanol–water partition coefficient (Wildman–Crippen LogP) is 3.76. The van der Waals surface area contributed by atoms with E-state index in [2.05, 4.69) is 14.7 Å². The van der Waals surface area contributed by atoms with Crippen LogP contribution in [0.15, 0.2) is 60.9 Å². The molecular weight excluding hydrogens is 354 g/mol. The Morgan fingerprint density at radius 3 is 2.00 bits per heavy atom. The molecule has 0 fully saturated rings. The van der Waals surface area contributed by atoms with Gasteiger partial charge in [-0.3, -0.25) is 10.1 Å². The number of benzene rings is 2. The van der Waals surface area contributed by atoms with Gasteiger partial charge in [0, 0.05) is 0 Å². The van der Waals surface area contributed by atoms with E-state index in [9.17, 15) is 14.9 Å². The lowest BCUT2D eigenvalue weighted by atomic mass is 10.2. The molecular formula is C18H13N3O6. The molecule has 0 unspecified atom stereocenters. The van der Waals surface area contributed by atoms with E-state index >= 15 is 0 Å². The van der Waals surface area contributed by atoms with Crippen molar-refractivity contribution < 1.29 is 23.9 Å². The molecule has 0 aliphatic heterocycles. The minimum atomic E-state index is -0.684. The first-order chi connectivity index (χ1) is 13.1. The molecule has 0 N–H and O–H groups in total. The largest absolute Gasteiger partial charge is 0.465 e. The summed E-state index contributed by atoms with van der Waals surface area (Å²) in [7, 11) is 1.27. The van der Waals surface area contributed by atoms with Crippen molar-refractivity contribution in [2.45, 2.75) is 0 Å². The van der Waals surface area contributed by atoms with E-state index in [1.165, 1.54) is 31.4 Å². The highest BCUT2D eigenvalue weighted by Crippen LogP contribution is 2.37. The fourth-order valence-electron chi connectivity index (χ4n) is 2.14. The Bertz CT molecular complexity index is 961. The van der Waals surface area contributed by atoms with Crippen LogP contribution in [0.3, 0.4) is 0 Å².